The van der Waals surface area contributed by atoms with Gasteiger partial charge in [-0.1, -0.05) is 42.4 Å². The molecule has 1 heterocycles. The Labute approximate surface area is 177 Å². The van der Waals surface area contributed by atoms with Crippen LogP contribution in [0.25, 0.3) is 10.9 Å². The fourth-order valence-electron chi connectivity index (χ4n) is 3.93. The molecule has 5 N–H and O–H groups in total. The van der Waals surface area contributed by atoms with Crippen molar-refractivity contribution in [2.24, 2.45) is 5.73 Å². The second-order valence-corrected chi connectivity index (χ2v) is 7.75. The fraction of sp³-hybridized carbons (Fsp3) is 0.182. The number of aromatic nitrogens is 1. The van der Waals surface area contributed by atoms with Crippen LogP contribution in [0.3, 0.4) is 0 Å². The van der Waals surface area contributed by atoms with E-state index in [1.807, 2.05) is 24.3 Å². The SMILES string of the molecule is C=C(N)N[C@H]1Cc2c([nH]c3ccccc23)[C@@H]1NC(=O)C(=O)Cc1ccc(Cl)c(F)c1. The summed E-state index contributed by atoms with van der Waals surface area (Å²) in [6.45, 7) is 3.68. The molecule has 2 atom stereocenters. The summed E-state index contributed by atoms with van der Waals surface area (Å²) in [6, 6.07) is 11.1. The van der Waals surface area contributed by atoms with Gasteiger partial charge in [0.1, 0.15) is 5.82 Å². The number of nitrogens with two attached hydrogens (primary N) is 1. The standard InChI is InChI=1S/C22H20ClFN4O2/c1-11(25)26-18-10-14-13-4-2-3-5-17(13)27-20(14)21(18)28-22(30)19(29)9-12-6-7-15(23)16(24)8-12/h2-8,18,21,26-27H,1,9-10,25H2,(H,28,30)/t18-,21+/m0/s1. The number of para-hydroxylation sites is 1. The van der Waals surface area contributed by atoms with Crippen molar-refractivity contribution in [3.8, 4) is 0 Å². The summed E-state index contributed by atoms with van der Waals surface area (Å²) in [5.74, 6) is -1.79. The topological polar surface area (TPSA) is 100 Å². The van der Waals surface area contributed by atoms with Crippen molar-refractivity contribution in [3.63, 3.8) is 0 Å². The Bertz CT molecular complexity index is 1170. The van der Waals surface area contributed by atoms with E-state index in [1.165, 1.54) is 12.1 Å². The summed E-state index contributed by atoms with van der Waals surface area (Å²) < 4.78 is 13.6. The van der Waals surface area contributed by atoms with Crippen LogP contribution >= 0.6 is 11.6 Å². The van der Waals surface area contributed by atoms with E-state index in [9.17, 15) is 14.0 Å². The monoisotopic (exact) mass is 426 g/mol. The highest BCUT2D eigenvalue weighted by Gasteiger charge is 2.37. The van der Waals surface area contributed by atoms with Crippen molar-refractivity contribution in [2.75, 3.05) is 0 Å². The average Bonchev–Trinajstić information content (AvgIpc) is 3.21. The number of aromatic amines is 1. The van der Waals surface area contributed by atoms with E-state index in [4.69, 9.17) is 17.3 Å². The Balaban J connectivity index is 1.56. The average molecular weight is 427 g/mol. The molecule has 0 bridgehead atoms. The number of benzene rings is 2. The Kier molecular flexibility index (Phi) is 5.22. The summed E-state index contributed by atoms with van der Waals surface area (Å²) in [4.78, 5) is 28.4. The van der Waals surface area contributed by atoms with Crippen LogP contribution in [0, 0.1) is 5.82 Å². The number of amides is 1. The van der Waals surface area contributed by atoms with Crippen LogP contribution < -0.4 is 16.4 Å². The summed E-state index contributed by atoms with van der Waals surface area (Å²) in [5.41, 5.74) is 8.94. The molecule has 0 spiro atoms. The van der Waals surface area contributed by atoms with E-state index in [0.29, 0.717) is 12.0 Å². The number of Topliss-reactive ketones (excluding diaryl/α,β-unsaturated/α-hetero) is 1. The molecule has 1 amide bonds. The molecule has 0 saturated heterocycles. The maximum absolute atomic E-state index is 13.6. The zero-order chi connectivity index (χ0) is 21.4. The van der Waals surface area contributed by atoms with Crippen LogP contribution in [0.1, 0.15) is 22.9 Å². The Morgan fingerprint density at radius 1 is 1.23 bits per heavy atom. The predicted octanol–water partition coefficient (Wildman–Crippen LogP) is 2.87. The molecule has 0 fully saturated rings. The van der Waals surface area contributed by atoms with Gasteiger partial charge < -0.3 is 21.4 Å². The second kappa shape index (κ2) is 7.84. The molecule has 0 unspecified atom stereocenters. The number of nitrogens with one attached hydrogen (secondary N) is 3. The first-order valence-corrected chi connectivity index (χ1v) is 9.79. The van der Waals surface area contributed by atoms with E-state index in [2.05, 4.69) is 22.2 Å². The van der Waals surface area contributed by atoms with Gasteiger partial charge in [0.2, 0.25) is 5.78 Å². The second-order valence-electron chi connectivity index (χ2n) is 7.34. The Morgan fingerprint density at radius 3 is 2.73 bits per heavy atom. The van der Waals surface area contributed by atoms with Crippen LogP contribution in [0.2, 0.25) is 5.02 Å². The number of fused-ring (bicyclic) bond motifs is 3. The first-order valence-electron chi connectivity index (χ1n) is 9.41. The Morgan fingerprint density at radius 2 is 2.00 bits per heavy atom. The number of H-pyrrole nitrogens is 1. The van der Waals surface area contributed by atoms with Gasteiger partial charge in [0, 0.05) is 23.0 Å². The number of carbonyl (C=O) groups is 2. The Hall–Kier alpha value is -3.32. The summed E-state index contributed by atoms with van der Waals surface area (Å²) >= 11 is 5.67. The molecule has 1 aliphatic rings. The van der Waals surface area contributed by atoms with Gasteiger partial charge in [-0.3, -0.25) is 9.59 Å². The first-order chi connectivity index (χ1) is 14.3. The largest absolute Gasteiger partial charge is 0.386 e. The lowest BCUT2D eigenvalue weighted by Gasteiger charge is -2.23. The third kappa shape index (κ3) is 3.76. The molecular formula is C22H20ClFN4O2. The van der Waals surface area contributed by atoms with Crippen molar-refractivity contribution in [1.82, 2.24) is 15.6 Å². The van der Waals surface area contributed by atoms with Crippen molar-refractivity contribution in [2.45, 2.75) is 24.9 Å². The normalized spacial score (nSPS) is 17.5. The van der Waals surface area contributed by atoms with Gasteiger partial charge in [-0.25, -0.2) is 4.39 Å². The lowest BCUT2D eigenvalue weighted by Crippen LogP contribution is -2.45. The zero-order valence-electron chi connectivity index (χ0n) is 16.0. The molecule has 30 heavy (non-hydrogen) atoms. The van der Waals surface area contributed by atoms with E-state index in [-0.39, 0.29) is 23.3 Å². The third-order valence-electron chi connectivity index (χ3n) is 5.24. The van der Waals surface area contributed by atoms with Crippen LogP contribution in [-0.2, 0) is 22.4 Å². The van der Waals surface area contributed by atoms with E-state index in [0.717, 1.165) is 28.2 Å². The molecule has 2 aromatic carbocycles. The third-order valence-corrected chi connectivity index (χ3v) is 5.55. The maximum Gasteiger partial charge on any atom is 0.288 e. The van der Waals surface area contributed by atoms with Gasteiger partial charge in [0.15, 0.2) is 0 Å². The van der Waals surface area contributed by atoms with E-state index < -0.39 is 23.5 Å². The van der Waals surface area contributed by atoms with E-state index in [1.54, 1.807) is 0 Å². The molecule has 1 aliphatic carbocycles. The van der Waals surface area contributed by atoms with Crippen LogP contribution in [0.4, 0.5) is 4.39 Å². The number of halogens is 2. The number of ketones is 1. The van der Waals surface area contributed by atoms with Crippen molar-refractivity contribution in [3.05, 3.63) is 82.5 Å². The summed E-state index contributed by atoms with van der Waals surface area (Å²) in [7, 11) is 0. The zero-order valence-corrected chi connectivity index (χ0v) is 16.7. The predicted molar refractivity (Wildman–Crippen MR) is 113 cm³/mol. The van der Waals surface area contributed by atoms with Crippen molar-refractivity contribution in [1.29, 1.82) is 0 Å². The maximum atomic E-state index is 13.6. The van der Waals surface area contributed by atoms with Crippen LogP contribution in [-0.4, -0.2) is 22.7 Å². The number of hydrogen-bond acceptors (Lipinski definition) is 4. The molecule has 3 aromatic rings. The smallest absolute Gasteiger partial charge is 0.288 e. The molecule has 0 radical (unpaired) electrons. The molecule has 1 aromatic heterocycles. The molecule has 0 aliphatic heterocycles. The lowest BCUT2D eigenvalue weighted by molar-refractivity contribution is -0.138. The number of rotatable bonds is 6. The van der Waals surface area contributed by atoms with Gasteiger partial charge in [0.05, 0.1) is 22.9 Å². The fourth-order valence-corrected chi connectivity index (χ4v) is 4.05. The van der Waals surface area contributed by atoms with Gasteiger partial charge in [0.25, 0.3) is 5.91 Å². The van der Waals surface area contributed by atoms with Gasteiger partial charge in [-0.2, -0.15) is 0 Å². The molecule has 0 saturated carbocycles. The van der Waals surface area contributed by atoms with Gasteiger partial charge in [-0.15, -0.1) is 0 Å². The number of hydrogen-bond donors (Lipinski definition) is 4. The number of carbonyl (C=O) groups excluding carboxylic acids is 2. The quantitative estimate of drug-likeness (QED) is 0.455. The minimum atomic E-state index is -0.753. The molecule has 6 nitrogen and oxygen atoms in total. The minimum Gasteiger partial charge on any atom is -0.386 e. The first kappa shape index (κ1) is 20.0. The highest BCUT2D eigenvalue weighted by Crippen LogP contribution is 2.36. The summed E-state index contributed by atoms with van der Waals surface area (Å²) in [6.07, 6.45) is 0.380. The molecule has 154 valence electrons. The highest BCUT2D eigenvalue weighted by atomic mass is 35.5. The van der Waals surface area contributed by atoms with Crippen molar-refractivity contribution >= 4 is 34.2 Å². The highest BCUT2D eigenvalue weighted by molar-refractivity contribution is 6.36. The molecular weight excluding hydrogens is 407 g/mol. The molecule has 4 rings (SSSR count). The van der Waals surface area contributed by atoms with Gasteiger partial charge in [-0.05, 0) is 35.7 Å². The van der Waals surface area contributed by atoms with Crippen LogP contribution in [0.15, 0.2) is 54.9 Å². The van der Waals surface area contributed by atoms with E-state index >= 15 is 0 Å². The minimum absolute atomic E-state index is 0.0381. The van der Waals surface area contributed by atoms with Crippen LogP contribution in [0.5, 0.6) is 0 Å². The molecule has 8 heteroatoms. The summed E-state index contributed by atoms with van der Waals surface area (Å²) in [5, 5.41) is 6.89. The van der Waals surface area contributed by atoms with Gasteiger partial charge >= 0.3 is 0 Å². The van der Waals surface area contributed by atoms with Crippen molar-refractivity contribution < 1.29 is 14.0 Å². The lowest BCUT2D eigenvalue weighted by atomic mass is 10.1.